The van der Waals surface area contributed by atoms with E-state index in [0.717, 1.165) is 27.6 Å². The first-order chi connectivity index (χ1) is 25.3. The molecule has 3 heterocycles. The third kappa shape index (κ3) is 3.71. The van der Waals surface area contributed by atoms with E-state index < -0.39 is 0 Å². The van der Waals surface area contributed by atoms with Crippen LogP contribution in [0.2, 0.25) is 0 Å². The number of benzene rings is 9. The zero-order valence-electron chi connectivity index (χ0n) is 27.4. The van der Waals surface area contributed by atoms with Gasteiger partial charge in [-0.1, -0.05) is 121 Å². The third-order valence-corrected chi connectivity index (χ3v) is 12.1. The minimum atomic E-state index is 0.909. The van der Waals surface area contributed by atoms with E-state index in [1.54, 1.807) is 0 Å². The van der Waals surface area contributed by atoms with Crippen molar-refractivity contribution in [3.63, 3.8) is 0 Å². The topological polar surface area (TPSA) is 18.1 Å². The number of nitrogens with zero attached hydrogens (tertiary/aromatic N) is 1. The van der Waals surface area contributed by atoms with Crippen LogP contribution in [-0.2, 0) is 0 Å². The largest absolute Gasteiger partial charge is 0.456 e. The Morgan fingerprint density at radius 3 is 2.04 bits per heavy atom. The highest BCUT2D eigenvalue weighted by Gasteiger charge is 2.23. The van der Waals surface area contributed by atoms with E-state index in [1.807, 2.05) is 17.4 Å². The minimum Gasteiger partial charge on any atom is -0.456 e. The maximum atomic E-state index is 6.26. The van der Waals surface area contributed by atoms with Gasteiger partial charge in [0.1, 0.15) is 11.2 Å². The summed E-state index contributed by atoms with van der Waals surface area (Å²) in [7, 11) is 0. The van der Waals surface area contributed by atoms with Gasteiger partial charge in [-0.3, -0.25) is 0 Å². The molecule has 0 N–H and O–H groups in total. The lowest BCUT2D eigenvalue weighted by atomic mass is 9.93. The van der Waals surface area contributed by atoms with Crippen LogP contribution in [0, 0.1) is 0 Å². The second kappa shape index (κ2) is 10.1. The van der Waals surface area contributed by atoms with E-state index >= 15 is 0 Å². The number of hydrogen-bond acceptors (Lipinski definition) is 2. The summed E-state index contributed by atoms with van der Waals surface area (Å²) < 4.78 is 11.5. The van der Waals surface area contributed by atoms with Crippen LogP contribution in [0.3, 0.4) is 0 Å². The lowest BCUT2D eigenvalue weighted by Crippen LogP contribution is -1.97. The molecule has 0 saturated carbocycles. The number of fused-ring (bicyclic) bond motifs is 16. The summed E-state index contributed by atoms with van der Waals surface area (Å²) in [6.45, 7) is 0. The highest BCUT2D eigenvalue weighted by atomic mass is 32.1. The second-order valence-electron chi connectivity index (χ2n) is 13.6. The molecule has 236 valence electrons. The maximum absolute atomic E-state index is 6.26. The number of para-hydroxylation sites is 2. The van der Waals surface area contributed by atoms with Crippen LogP contribution in [0.4, 0.5) is 0 Å². The average Bonchev–Trinajstić information content (AvgIpc) is 3.87. The van der Waals surface area contributed by atoms with Crippen molar-refractivity contribution >= 4 is 108 Å². The molecule has 3 heteroatoms. The predicted molar refractivity (Wildman–Crippen MR) is 219 cm³/mol. The van der Waals surface area contributed by atoms with Gasteiger partial charge < -0.3 is 8.98 Å². The summed E-state index contributed by atoms with van der Waals surface area (Å²) in [5.74, 6) is 0. The van der Waals surface area contributed by atoms with Gasteiger partial charge >= 0.3 is 0 Å². The molecule has 51 heavy (non-hydrogen) atoms. The first-order valence-corrected chi connectivity index (χ1v) is 18.2. The molecular formula is C48H27NOS. The molecule has 12 rings (SSSR count). The first kappa shape index (κ1) is 27.4. The van der Waals surface area contributed by atoms with Gasteiger partial charge in [0.2, 0.25) is 0 Å². The molecule has 3 aromatic heterocycles. The average molecular weight is 666 g/mol. The fourth-order valence-electron chi connectivity index (χ4n) is 8.75. The highest BCUT2D eigenvalue weighted by molar-refractivity contribution is 7.27. The molecule has 0 spiro atoms. The molecule has 0 aliphatic rings. The Labute approximate surface area is 296 Å². The molecule has 0 amide bonds. The summed E-state index contributed by atoms with van der Waals surface area (Å²) in [6, 6.07) is 60.0. The SMILES string of the molecule is c1ccc2c(c1)ccc1c(-c3ccc4oc5ccccc5c4c3)cc(-n3c4ccccc4c4c5c6ccccc6sc5c5ccccc5c43)cc12. The summed E-state index contributed by atoms with van der Waals surface area (Å²) in [5, 5.41) is 15.1. The Bertz CT molecular complexity index is 3430. The Morgan fingerprint density at radius 2 is 1.14 bits per heavy atom. The summed E-state index contributed by atoms with van der Waals surface area (Å²) in [6.07, 6.45) is 0. The Kier molecular flexibility index (Phi) is 5.41. The van der Waals surface area contributed by atoms with E-state index in [-0.39, 0.29) is 0 Å². The molecule has 0 fully saturated rings. The first-order valence-electron chi connectivity index (χ1n) is 17.4. The molecule has 0 unspecified atom stereocenters. The van der Waals surface area contributed by atoms with Gasteiger partial charge in [-0.25, -0.2) is 0 Å². The Morgan fingerprint density at radius 1 is 0.431 bits per heavy atom. The monoisotopic (exact) mass is 665 g/mol. The van der Waals surface area contributed by atoms with Gasteiger partial charge in [0.25, 0.3) is 0 Å². The van der Waals surface area contributed by atoms with Crippen molar-refractivity contribution in [2.24, 2.45) is 0 Å². The van der Waals surface area contributed by atoms with Gasteiger partial charge in [0.15, 0.2) is 0 Å². The molecule has 0 aliphatic carbocycles. The zero-order chi connectivity index (χ0) is 33.2. The summed E-state index contributed by atoms with van der Waals surface area (Å²) >= 11 is 1.91. The zero-order valence-corrected chi connectivity index (χ0v) is 28.2. The van der Waals surface area contributed by atoms with Crippen LogP contribution in [0.25, 0.3) is 113 Å². The number of furan rings is 1. The summed E-state index contributed by atoms with van der Waals surface area (Å²) in [5.41, 5.74) is 7.82. The summed E-state index contributed by atoms with van der Waals surface area (Å²) in [4.78, 5) is 0. The smallest absolute Gasteiger partial charge is 0.135 e. The van der Waals surface area contributed by atoms with Gasteiger partial charge in [-0.15, -0.1) is 11.3 Å². The molecule has 0 atom stereocenters. The number of thiophene rings is 1. The van der Waals surface area contributed by atoms with E-state index in [2.05, 4.69) is 162 Å². The Balaban J connectivity index is 1.28. The van der Waals surface area contributed by atoms with E-state index in [9.17, 15) is 0 Å². The number of hydrogen-bond donors (Lipinski definition) is 0. The lowest BCUT2D eigenvalue weighted by molar-refractivity contribution is 0.669. The van der Waals surface area contributed by atoms with Crippen molar-refractivity contribution in [2.75, 3.05) is 0 Å². The van der Waals surface area contributed by atoms with Gasteiger partial charge in [-0.05, 0) is 75.1 Å². The quantitative estimate of drug-likeness (QED) is 0.168. The lowest BCUT2D eigenvalue weighted by Gasteiger charge is -2.16. The molecule has 0 aliphatic heterocycles. The molecule has 9 aromatic carbocycles. The van der Waals surface area contributed by atoms with Crippen molar-refractivity contribution in [3.05, 3.63) is 164 Å². The predicted octanol–water partition coefficient (Wildman–Crippen LogP) is 14.2. The second-order valence-corrected chi connectivity index (χ2v) is 14.7. The molecular weight excluding hydrogens is 639 g/mol. The fraction of sp³-hybridized carbons (Fsp3) is 0. The molecule has 0 radical (unpaired) electrons. The number of aromatic nitrogens is 1. The Hall–Kier alpha value is -6.42. The highest BCUT2D eigenvalue weighted by Crippen LogP contribution is 2.49. The van der Waals surface area contributed by atoms with Gasteiger partial charge in [0.05, 0.1) is 11.0 Å². The van der Waals surface area contributed by atoms with Crippen LogP contribution in [0.15, 0.2) is 168 Å². The maximum Gasteiger partial charge on any atom is 0.135 e. The molecule has 0 bridgehead atoms. The van der Waals surface area contributed by atoms with Gasteiger partial charge in [-0.2, -0.15) is 0 Å². The van der Waals surface area contributed by atoms with E-state index in [1.165, 1.54) is 85.4 Å². The van der Waals surface area contributed by atoms with Crippen LogP contribution >= 0.6 is 11.3 Å². The van der Waals surface area contributed by atoms with Crippen molar-refractivity contribution in [2.45, 2.75) is 0 Å². The number of rotatable bonds is 2. The van der Waals surface area contributed by atoms with Crippen LogP contribution in [0.5, 0.6) is 0 Å². The van der Waals surface area contributed by atoms with Crippen molar-refractivity contribution in [1.82, 2.24) is 4.57 Å². The molecule has 12 aromatic rings. The normalized spacial score (nSPS) is 12.3. The van der Waals surface area contributed by atoms with Crippen molar-refractivity contribution < 1.29 is 4.42 Å². The standard InChI is InChI=1S/C48H27NOS/c1-2-12-31-28(11-1)21-23-32-38(29-22-24-43-40(25-29)33-13-6-9-19-42(33)50-43)26-30(27-39(31)32)49-41-18-8-5-16-36(41)45-46-37-17-7-10-20-44(37)51-48(46)35-15-4-3-14-34(35)47(45)49/h1-27H. The van der Waals surface area contributed by atoms with Crippen molar-refractivity contribution in [3.8, 4) is 16.8 Å². The minimum absolute atomic E-state index is 0.909. The van der Waals surface area contributed by atoms with Crippen LogP contribution < -0.4 is 0 Å². The van der Waals surface area contributed by atoms with Crippen LogP contribution in [-0.4, -0.2) is 4.57 Å². The molecule has 0 saturated heterocycles. The third-order valence-electron chi connectivity index (χ3n) is 10.9. The van der Waals surface area contributed by atoms with E-state index in [0.29, 0.717) is 0 Å². The van der Waals surface area contributed by atoms with Gasteiger partial charge in [0, 0.05) is 58.2 Å². The fourth-order valence-corrected chi connectivity index (χ4v) is 10.00. The van der Waals surface area contributed by atoms with Crippen LogP contribution in [0.1, 0.15) is 0 Å². The van der Waals surface area contributed by atoms with Crippen molar-refractivity contribution in [1.29, 1.82) is 0 Å². The molecule has 2 nitrogen and oxygen atoms in total. The van der Waals surface area contributed by atoms with E-state index in [4.69, 9.17) is 4.42 Å².